The van der Waals surface area contributed by atoms with E-state index in [-0.39, 0.29) is 5.41 Å². The van der Waals surface area contributed by atoms with Crippen LogP contribution >= 0.6 is 11.3 Å². The standard InChI is InChI=1S/C11H15N3OS/c1-6-12-8(15-5)7-9(13-6)16-10(14-7)11(2,3)4/h1-5H3. The van der Waals surface area contributed by atoms with Crippen LogP contribution in [-0.2, 0) is 5.41 Å². The fraction of sp³-hybridized carbons (Fsp3) is 0.545. The van der Waals surface area contributed by atoms with Crippen LogP contribution in [0.5, 0.6) is 5.88 Å². The molecule has 0 atom stereocenters. The van der Waals surface area contributed by atoms with Crippen molar-refractivity contribution in [2.75, 3.05) is 7.11 Å². The van der Waals surface area contributed by atoms with E-state index < -0.39 is 0 Å². The molecule has 0 aliphatic rings. The number of thiazole rings is 1. The molecule has 0 N–H and O–H groups in total. The molecule has 0 saturated carbocycles. The van der Waals surface area contributed by atoms with Crippen molar-refractivity contribution < 1.29 is 4.74 Å². The summed E-state index contributed by atoms with van der Waals surface area (Å²) in [7, 11) is 1.61. The smallest absolute Gasteiger partial charge is 0.244 e. The Bertz CT molecular complexity index is 528. The van der Waals surface area contributed by atoms with Gasteiger partial charge < -0.3 is 4.74 Å². The van der Waals surface area contributed by atoms with Crippen molar-refractivity contribution >= 4 is 21.7 Å². The molecule has 5 heteroatoms. The van der Waals surface area contributed by atoms with Crippen molar-refractivity contribution in [1.82, 2.24) is 15.0 Å². The number of ether oxygens (including phenoxy) is 1. The van der Waals surface area contributed by atoms with Crippen LogP contribution < -0.4 is 4.74 Å². The average molecular weight is 237 g/mol. The van der Waals surface area contributed by atoms with Gasteiger partial charge in [-0.1, -0.05) is 32.1 Å². The van der Waals surface area contributed by atoms with Crippen LogP contribution in [0.1, 0.15) is 31.6 Å². The van der Waals surface area contributed by atoms with Crippen LogP contribution in [0, 0.1) is 6.92 Å². The topological polar surface area (TPSA) is 47.9 Å². The maximum atomic E-state index is 5.23. The number of hydrogen-bond acceptors (Lipinski definition) is 5. The summed E-state index contributed by atoms with van der Waals surface area (Å²) in [6.45, 7) is 8.27. The lowest BCUT2D eigenvalue weighted by molar-refractivity contribution is 0.400. The molecule has 0 fully saturated rings. The van der Waals surface area contributed by atoms with E-state index in [4.69, 9.17) is 4.74 Å². The first-order chi connectivity index (χ1) is 7.41. The molecule has 0 radical (unpaired) electrons. The van der Waals surface area contributed by atoms with Gasteiger partial charge in [-0.05, 0) is 6.92 Å². The highest BCUT2D eigenvalue weighted by atomic mass is 32.1. The molecule has 86 valence electrons. The number of aryl methyl sites for hydroxylation is 1. The highest BCUT2D eigenvalue weighted by Crippen LogP contribution is 2.33. The molecule has 0 aliphatic heterocycles. The lowest BCUT2D eigenvalue weighted by Crippen LogP contribution is -2.09. The van der Waals surface area contributed by atoms with Gasteiger partial charge >= 0.3 is 0 Å². The zero-order valence-electron chi connectivity index (χ0n) is 10.2. The van der Waals surface area contributed by atoms with E-state index in [2.05, 4.69) is 35.7 Å². The Morgan fingerprint density at radius 2 is 1.81 bits per heavy atom. The number of aromatic nitrogens is 3. The molecule has 0 spiro atoms. The molecule has 2 aromatic heterocycles. The normalized spacial score (nSPS) is 12.1. The lowest BCUT2D eigenvalue weighted by Gasteiger charge is -2.12. The fourth-order valence-corrected chi connectivity index (χ4v) is 2.40. The molecular formula is C11H15N3OS. The van der Waals surface area contributed by atoms with E-state index in [1.54, 1.807) is 18.4 Å². The van der Waals surface area contributed by atoms with Gasteiger partial charge in [-0.25, -0.2) is 9.97 Å². The molecule has 2 heterocycles. The third-order valence-corrected chi connectivity index (χ3v) is 3.55. The van der Waals surface area contributed by atoms with Crippen molar-refractivity contribution in [1.29, 1.82) is 0 Å². The van der Waals surface area contributed by atoms with Gasteiger partial charge in [0.1, 0.15) is 10.8 Å². The first-order valence-corrected chi connectivity index (χ1v) is 5.93. The molecule has 2 rings (SSSR count). The second kappa shape index (κ2) is 3.66. The molecule has 0 aliphatic carbocycles. The van der Waals surface area contributed by atoms with Gasteiger partial charge in [0.25, 0.3) is 0 Å². The van der Waals surface area contributed by atoms with Gasteiger partial charge in [-0.2, -0.15) is 4.98 Å². The van der Waals surface area contributed by atoms with Crippen LogP contribution in [-0.4, -0.2) is 22.1 Å². The molecule has 0 saturated heterocycles. The predicted octanol–water partition coefficient (Wildman–Crippen LogP) is 2.70. The summed E-state index contributed by atoms with van der Waals surface area (Å²) in [5.74, 6) is 1.28. The molecule has 0 unspecified atom stereocenters. The molecular weight excluding hydrogens is 222 g/mol. The Morgan fingerprint density at radius 1 is 1.12 bits per heavy atom. The zero-order chi connectivity index (χ0) is 11.9. The number of hydrogen-bond donors (Lipinski definition) is 0. The quantitative estimate of drug-likeness (QED) is 0.765. The summed E-state index contributed by atoms with van der Waals surface area (Å²) in [6.07, 6.45) is 0. The van der Waals surface area contributed by atoms with Crippen LogP contribution in [0.15, 0.2) is 0 Å². The Morgan fingerprint density at radius 3 is 2.38 bits per heavy atom. The van der Waals surface area contributed by atoms with Gasteiger partial charge in [0.05, 0.1) is 7.11 Å². The van der Waals surface area contributed by atoms with Crippen molar-refractivity contribution in [3.8, 4) is 5.88 Å². The summed E-state index contributed by atoms with van der Waals surface area (Å²) in [6, 6.07) is 0. The third-order valence-electron chi connectivity index (χ3n) is 2.17. The van der Waals surface area contributed by atoms with Crippen LogP contribution in [0.4, 0.5) is 0 Å². The summed E-state index contributed by atoms with van der Waals surface area (Å²) in [5, 5.41) is 1.06. The average Bonchev–Trinajstić information content (AvgIpc) is 2.59. The minimum Gasteiger partial charge on any atom is -0.479 e. The first-order valence-electron chi connectivity index (χ1n) is 5.11. The van der Waals surface area contributed by atoms with Crippen molar-refractivity contribution in [2.24, 2.45) is 0 Å². The maximum absolute atomic E-state index is 5.23. The Kier molecular flexibility index (Phi) is 2.58. The second-order valence-corrected chi connectivity index (χ2v) is 5.68. The minimum absolute atomic E-state index is 0.0320. The lowest BCUT2D eigenvalue weighted by atomic mass is 9.98. The number of nitrogens with zero attached hydrogens (tertiary/aromatic N) is 3. The van der Waals surface area contributed by atoms with E-state index in [1.807, 2.05) is 6.92 Å². The molecule has 2 aromatic rings. The summed E-state index contributed by atoms with van der Waals surface area (Å²) in [5.41, 5.74) is 0.799. The van der Waals surface area contributed by atoms with Gasteiger partial charge in [-0.15, -0.1) is 0 Å². The first kappa shape index (κ1) is 11.3. The predicted molar refractivity (Wildman–Crippen MR) is 65.2 cm³/mol. The monoisotopic (exact) mass is 237 g/mol. The van der Waals surface area contributed by atoms with E-state index >= 15 is 0 Å². The second-order valence-electron chi connectivity index (χ2n) is 4.70. The molecule has 0 bridgehead atoms. The van der Waals surface area contributed by atoms with Gasteiger partial charge in [0, 0.05) is 5.41 Å². The summed E-state index contributed by atoms with van der Waals surface area (Å²) >= 11 is 1.61. The number of methoxy groups -OCH3 is 1. The molecule has 0 amide bonds. The third kappa shape index (κ3) is 1.87. The minimum atomic E-state index is 0.0320. The van der Waals surface area contributed by atoms with Crippen LogP contribution in [0.25, 0.3) is 10.3 Å². The molecule has 4 nitrogen and oxygen atoms in total. The number of fused-ring (bicyclic) bond motifs is 1. The van der Waals surface area contributed by atoms with E-state index in [9.17, 15) is 0 Å². The van der Waals surface area contributed by atoms with Crippen LogP contribution in [0.3, 0.4) is 0 Å². The van der Waals surface area contributed by atoms with Crippen molar-refractivity contribution in [2.45, 2.75) is 33.1 Å². The van der Waals surface area contributed by atoms with E-state index in [0.717, 1.165) is 15.4 Å². The van der Waals surface area contributed by atoms with Gasteiger partial charge in [0.2, 0.25) is 5.88 Å². The Balaban J connectivity index is 2.70. The van der Waals surface area contributed by atoms with Gasteiger partial charge in [0.15, 0.2) is 10.3 Å². The highest BCUT2D eigenvalue weighted by molar-refractivity contribution is 7.18. The maximum Gasteiger partial charge on any atom is 0.244 e. The number of rotatable bonds is 1. The zero-order valence-corrected chi connectivity index (χ0v) is 11.0. The Labute approximate surface area is 98.7 Å². The van der Waals surface area contributed by atoms with E-state index in [1.165, 1.54) is 0 Å². The van der Waals surface area contributed by atoms with Gasteiger partial charge in [-0.3, -0.25) is 0 Å². The summed E-state index contributed by atoms with van der Waals surface area (Å²) in [4.78, 5) is 14.1. The van der Waals surface area contributed by atoms with Crippen molar-refractivity contribution in [3.63, 3.8) is 0 Å². The van der Waals surface area contributed by atoms with E-state index in [0.29, 0.717) is 11.7 Å². The summed E-state index contributed by atoms with van der Waals surface area (Å²) < 4.78 is 5.23. The molecule has 16 heavy (non-hydrogen) atoms. The fourth-order valence-electron chi connectivity index (χ4n) is 1.36. The largest absolute Gasteiger partial charge is 0.479 e. The van der Waals surface area contributed by atoms with Crippen LogP contribution in [0.2, 0.25) is 0 Å². The SMILES string of the molecule is COc1nc(C)nc2sc(C(C)(C)C)nc12. The Hall–Kier alpha value is -1.23. The van der Waals surface area contributed by atoms with Crippen molar-refractivity contribution in [3.05, 3.63) is 10.8 Å². The highest BCUT2D eigenvalue weighted by Gasteiger charge is 2.21. The molecule has 0 aromatic carbocycles.